The molecule has 3 N–H and O–H groups in total. The van der Waals surface area contributed by atoms with Gasteiger partial charge in [0.15, 0.2) is 0 Å². The van der Waals surface area contributed by atoms with Crippen LogP contribution in [0.15, 0.2) is 24.3 Å². The van der Waals surface area contributed by atoms with Crippen LogP contribution in [0.1, 0.15) is 85.3 Å². The zero-order valence-electron chi connectivity index (χ0n) is 22.9. The molecule has 204 valence electrons. The number of hydrogen-bond acceptors (Lipinski definition) is 6. The minimum atomic E-state index is -0.951. The maximum atomic E-state index is 14.0. The molecule has 0 heterocycles. The van der Waals surface area contributed by atoms with Crippen LogP contribution in [0.25, 0.3) is 0 Å². The Labute approximate surface area is 220 Å². The maximum absolute atomic E-state index is 14.0. The fraction of sp³-hybridized carbons (Fsp3) is 0.667. The lowest BCUT2D eigenvalue weighted by molar-refractivity contribution is -0.142. The van der Waals surface area contributed by atoms with Gasteiger partial charge in [0.25, 0.3) is 0 Å². The second kappa shape index (κ2) is 15.6. The Bertz CT molecular complexity index is 843. The molecular weight excluding hydrogens is 478 g/mol. The van der Waals surface area contributed by atoms with E-state index in [9.17, 15) is 19.5 Å². The molecule has 1 aromatic rings. The molecule has 0 aliphatic rings. The highest BCUT2D eigenvalue weighted by molar-refractivity contribution is 7.98. The molecule has 0 aromatic heterocycles. The first-order chi connectivity index (χ1) is 16.9. The maximum Gasteiger partial charge on any atom is 0.408 e. The number of rotatable bonds is 14. The first-order valence-corrected chi connectivity index (χ1v) is 14.2. The molecule has 0 bridgehead atoms. The van der Waals surface area contributed by atoms with E-state index in [1.165, 1.54) is 17.0 Å². The molecule has 0 radical (unpaired) electrons. The van der Waals surface area contributed by atoms with E-state index >= 15 is 0 Å². The highest BCUT2D eigenvalue weighted by Gasteiger charge is 2.36. The number of alkyl carbamates (subject to hydrolysis) is 1. The predicted molar refractivity (Wildman–Crippen MR) is 146 cm³/mol. The molecule has 0 aliphatic carbocycles. The molecule has 3 atom stereocenters. The fourth-order valence-corrected chi connectivity index (χ4v) is 4.30. The van der Waals surface area contributed by atoms with E-state index in [4.69, 9.17) is 4.74 Å². The van der Waals surface area contributed by atoms with Crippen LogP contribution in [0.3, 0.4) is 0 Å². The summed E-state index contributed by atoms with van der Waals surface area (Å²) in [4.78, 5) is 41.7. The van der Waals surface area contributed by atoms with Crippen LogP contribution in [-0.2, 0) is 14.3 Å². The number of amides is 3. The zero-order valence-corrected chi connectivity index (χ0v) is 23.7. The number of aromatic hydroxyl groups is 1. The van der Waals surface area contributed by atoms with Gasteiger partial charge in [-0.3, -0.25) is 9.59 Å². The molecule has 0 saturated carbocycles. The van der Waals surface area contributed by atoms with E-state index in [0.717, 1.165) is 19.3 Å². The van der Waals surface area contributed by atoms with E-state index in [-0.39, 0.29) is 23.6 Å². The zero-order chi connectivity index (χ0) is 27.3. The van der Waals surface area contributed by atoms with Crippen molar-refractivity contribution in [1.82, 2.24) is 15.5 Å². The molecule has 0 spiro atoms. The number of phenols is 1. The normalized spacial score (nSPS) is 13.9. The SMILES string of the molecule is CCCCN(C(=O)C(CCSC)NC(=O)OC(C)(C)C)C(C(=O)NC(C)CCC)c1cccc(O)c1. The van der Waals surface area contributed by atoms with Crippen LogP contribution in [0.2, 0.25) is 0 Å². The van der Waals surface area contributed by atoms with E-state index in [0.29, 0.717) is 30.7 Å². The number of ether oxygens (including phenoxy) is 1. The second-order valence-electron chi connectivity index (χ2n) is 10.1. The van der Waals surface area contributed by atoms with Crippen molar-refractivity contribution < 1.29 is 24.2 Å². The molecule has 36 heavy (non-hydrogen) atoms. The number of nitrogens with zero attached hydrogens (tertiary/aromatic N) is 1. The third kappa shape index (κ3) is 11.1. The summed E-state index contributed by atoms with van der Waals surface area (Å²) >= 11 is 1.57. The van der Waals surface area contributed by atoms with E-state index in [2.05, 4.69) is 10.6 Å². The van der Waals surface area contributed by atoms with Gasteiger partial charge in [0.1, 0.15) is 23.4 Å². The summed E-state index contributed by atoms with van der Waals surface area (Å²) < 4.78 is 5.41. The van der Waals surface area contributed by atoms with Gasteiger partial charge in [0, 0.05) is 12.6 Å². The highest BCUT2D eigenvalue weighted by atomic mass is 32.2. The lowest BCUT2D eigenvalue weighted by Gasteiger charge is -2.35. The van der Waals surface area contributed by atoms with Crippen LogP contribution in [0, 0.1) is 0 Å². The molecule has 0 aliphatic heterocycles. The number of unbranched alkanes of at least 4 members (excludes halogenated alkanes) is 1. The summed E-state index contributed by atoms with van der Waals surface area (Å²) in [7, 11) is 0. The van der Waals surface area contributed by atoms with Gasteiger partial charge in [-0.05, 0) is 76.7 Å². The summed E-state index contributed by atoms with van der Waals surface area (Å²) in [6.07, 6.45) is 4.86. The molecule has 3 amide bonds. The monoisotopic (exact) mass is 523 g/mol. The third-order valence-corrected chi connectivity index (χ3v) is 6.14. The standard InChI is InChI=1S/C27H45N3O5S/c1-8-10-16-30(25(33)22(15-17-36-7)29-26(34)35-27(4,5)6)23(20-13-11-14-21(31)18-20)24(32)28-19(3)12-9-2/h11,13-14,18-19,22-23,31H,8-10,12,15-17H2,1-7H3,(H,28,32)(H,29,34). The number of hydrogen-bond donors (Lipinski definition) is 3. The summed E-state index contributed by atoms with van der Waals surface area (Å²) in [5.74, 6) is -0.00727. The van der Waals surface area contributed by atoms with Crippen molar-refractivity contribution >= 4 is 29.7 Å². The lowest BCUT2D eigenvalue weighted by Crippen LogP contribution is -2.54. The van der Waals surface area contributed by atoms with Gasteiger partial charge in [-0.2, -0.15) is 11.8 Å². The Kier molecular flexibility index (Phi) is 13.7. The first-order valence-electron chi connectivity index (χ1n) is 12.8. The Balaban J connectivity index is 3.43. The van der Waals surface area contributed by atoms with Crippen molar-refractivity contribution in [2.45, 2.75) is 97.4 Å². The molecule has 9 heteroatoms. The van der Waals surface area contributed by atoms with Gasteiger partial charge in [-0.1, -0.05) is 38.8 Å². The lowest BCUT2D eigenvalue weighted by atomic mass is 10.0. The molecule has 0 saturated heterocycles. The number of benzene rings is 1. The Morgan fingerprint density at radius 2 is 1.81 bits per heavy atom. The van der Waals surface area contributed by atoms with E-state index in [1.807, 2.05) is 27.0 Å². The van der Waals surface area contributed by atoms with Gasteiger partial charge >= 0.3 is 6.09 Å². The Hall–Kier alpha value is -2.42. The van der Waals surface area contributed by atoms with Gasteiger partial charge in [-0.15, -0.1) is 0 Å². The van der Waals surface area contributed by atoms with Gasteiger partial charge in [0.05, 0.1) is 0 Å². The van der Waals surface area contributed by atoms with Crippen LogP contribution in [0.4, 0.5) is 4.79 Å². The number of nitrogens with one attached hydrogen (secondary N) is 2. The summed E-state index contributed by atoms with van der Waals surface area (Å²) in [6.45, 7) is 11.6. The first kappa shape index (κ1) is 31.6. The summed E-state index contributed by atoms with van der Waals surface area (Å²) in [6, 6.07) is 4.56. The topological polar surface area (TPSA) is 108 Å². The van der Waals surface area contributed by atoms with Crippen molar-refractivity contribution in [3.63, 3.8) is 0 Å². The van der Waals surface area contributed by atoms with Crippen LogP contribution in [-0.4, -0.2) is 64.2 Å². The number of thioether (sulfide) groups is 1. The number of carbonyl (C=O) groups excluding carboxylic acids is 3. The number of phenolic OH excluding ortho intramolecular Hbond substituents is 1. The predicted octanol–water partition coefficient (Wildman–Crippen LogP) is 5.01. The quantitative estimate of drug-likeness (QED) is 0.316. The Morgan fingerprint density at radius 1 is 1.11 bits per heavy atom. The summed E-state index contributed by atoms with van der Waals surface area (Å²) in [5, 5.41) is 15.9. The minimum Gasteiger partial charge on any atom is -0.508 e. The highest BCUT2D eigenvalue weighted by Crippen LogP contribution is 2.27. The van der Waals surface area contributed by atoms with Gasteiger partial charge in [0.2, 0.25) is 11.8 Å². The van der Waals surface area contributed by atoms with Crippen molar-refractivity contribution in [2.75, 3.05) is 18.6 Å². The number of carbonyl (C=O) groups is 3. The van der Waals surface area contributed by atoms with Crippen LogP contribution in [0.5, 0.6) is 5.75 Å². The third-order valence-electron chi connectivity index (χ3n) is 5.49. The average Bonchev–Trinajstić information content (AvgIpc) is 2.77. The van der Waals surface area contributed by atoms with E-state index in [1.54, 1.807) is 44.7 Å². The Morgan fingerprint density at radius 3 is 2.36 bits per heavy atom. The van der Waals surface area contributed by atoms with Gasteiger partial charge < -0.3 is 25.4 Å². The smallest absolute Gasteiger partial charge is 0.408 e. The molecule has 3 unspecified atom stereocenters. The van der Waals surface area contributed by atoms with Crippen molar-refractivity contribution in [3.8, 4) is 5.75 Å². The van der Waals surface area contributed by atoms with Crippen LogP contribution >= 0.6 is 11.8 Å². The molecule has 1 rings (SSSR count). The average molecular weight is 524 g/mol. The van der Waals surface area contributed by atoms with Crippen molar-refractivity contribution in [1.29, 1.82) is 0 Å². The van der Waals surface area contributed by atoms with Crippen LogP contribution < -0.4 is 10.6 Å². The second-order valence-corrected chi connectivity index (χ2v) is 11.0. The summed E-state index contributed by atoms with van der Waals surface area (Å²) in [5.41, 5.74) is -0.195. The van der Waals surface area contributed by atoms with Gasteiger partial charge in [-0.25, -0.2) is 4.79 Å². The molecule has 1 aromatic carbocycles. The molecular formula is C27H45N3O5S. The fourth-order valence-electron chi connectivity index (χ4n) is 3.83. The molecule has 0 fully saturated rings. The minimum absolute atomic E-state index is 0.0145. The molecule has 8 nitrogen and oxygen atoms in total. The van der Waals surface area contributed by atoms with Crippen molar-refractivity contribution in [3.05, 3.63) is 29.8 Å². The largest absolute Gasteiger partial charge is 0.508 e. The van der Waals surface area contributed by atoms with Crippen molar-refractivity contribution in [2.24, 2.45) is 0 Å². The van der Waals surface area contributed by atoms with E-state index < -0.39 is 23.8 Å².